The van der Waals surface area contributed by atoms with Crippen LogP contribution in [0.5, 0.6) is 0 Å². The maximum Gasteiger partial charge on any atom is 0.417 e. The number of unbranched alkanes of at least 4 members (excludes halogenated alkanes) is 1. The van der Waals surface area contributed by atoms with Crippen LogP contribution in [0.1, 0.15) is 47.0 Å². The van der Waals surface area contributed by atoms with Crippen LogP contribution in [0.15, 0.2) is 0 Å². The molecule has 0 saturated carbocycles. The highest BCUT2D eigenvalue weighted by molar-refractivity contribution is 6.03. The molecule has 0 aromatic carbocycles. The molecule has 7 heteroatoms. The maximum atomic E-state index is 12.6. The summed E-state index contributed by atoms with van der Waals surface area (Å²) in [5, 5.41) is 0. The first-order valence-electron chi connectivity index (χ1n) is 8.01. The first-order chi connectivity index (χ1) is 10.7. The van der Waals surface area contributed by atoms with Gasteiger partial charge in [0.05, 0.1) is 25.2 Å². The second kappa shape index (κ2) is 6.47. The van der Waals surface area contributed by atoms with Crippen molar-refractivity contribution in [3.05, 3.63) is 0 Å². The summed E-state index contributed by atoms with van der Waals surface area (Å²) in [4.78, 5) is 38.2. The normalized spacial score (nSPS) is 22.9. The van der Waals surface area contributed by atoms with Crippen molar-refractivity contribution in [1.29, 1.82) is 0 Å². The smallest absolute Gasteiger partial charge is 0.417 e. The van der Waals surface area contributed by atoms with Gasteiger partial charge in [-0.3, -0.25) is 4.79 Å². The quantitative estimate of drug-likeness (QED) is 0.579. The van der Waals surface area contributed by atoms with Crippen molar-refractivity contribution < 1.29 is 28.6 Å². The highest BCUT2D eigenvalue weighted by Crippen LogP contribution is 2.43. The summed E-state index contributed by atoms with van der Waals surface area (Å²) in [5.74, 6) is -0.961. The fourth-order valence-corrected chi connectivity index (χ4v) is 2.66. The first-order valence-corrected chi connectivity index (χ1v) is 8.01. The van der Waals surface area contributed by atoms with Gasteiger partial charge in [-0.2, -0.15) is 0 Å². The number of nitrogens with zero attached hydrogens (tertiary/aromatic N) is 1. The van der Waals surface area contributed by atoms with Gasteiger partial charge in [0.2, 0.25) is 5.91 Å². The Hall–Kier alpha value is -1.63. The van der Waals surface area contributed by atoms with Gasteiger partial charge in [0.1, 0.15) is 11.6 Å². The van der Waals surface area contributed by atoms with Gasteiger partial charge in [0.25, 0.3) is 0 Å². The summed E-state index contributed by atoms with van der Waals surface area (Å²) in [5.41, 5.74) is -1.54. The van der Waals surface area contributed by atoms with Crippen LogP contribution in [-0.2, 0) is 23.8 Å². The van der Waals surface area contributed by atoms with E-state index in [0.717, 1.165) is 17.7 Å². The highest BCUT2D eigenvalue weighted by Gasteiger charge is 2.61. The minimum atomic E-state index is -0.932. The molecule has 1 spiro atoms. The van der Waals surface area contributed by atoms with Crippen molar-refractivity contribution in [3.8, 4) is 0 Å². The van der Waals surface area contributed by atoms with E-state index in [1.165, 1.54) is 0 Å². The Labute approximate surface area is 136 Å². The van der Waals surface area contributed by atoms with Gasteiger partial charge in [0, 0.05) is 0 Å². The van der Waals surface area contributed by atoms with Gasteiger partial charge in [-0.25, -0.2) is 14.5 Å². The van der Waals surface area contributed by atoms with Gasteiger partial charge < -0.3 is 14.2 Å². The lowest BCUT2D eigenvalue weighted by molar-refractivity contribution is -0.161. The van der Waals surface area contributed by atoms with Crippen molar-refractivity contribution in [2.24, 2.45) is 5.41 Å². The lowest BCUT2D eigenvalue weighted by Gasteiger charge is -2.35. The number of likely N-dealkylation sites (tertiary alicyclic amines) is 1. The van der Waals surface area contributed by atoms with Crippen LogP contribution in [0.25, 0.3) is 0 Å². The molecule has 23 heavy (non-hydrogen) atoms. The molecule has 2 saturated heterocycles. The Morgan fingerprint density at radius 1 is 1.35 bits per heavy atom. The van der Waals surface area contributed by atoms with Crippen LogP contribution in [0.4, 0.5) is 4.79 Å². The second-order valence-electron chi connectivity index (χ2n) is 7.17. The predicted molar refractivity (Wildman–Crippen MR) is 80.6 cm³/mol. The third-order valence-electron chi connectivity index (χ3n) is 3.93. The highest BCUT2D eigenvalue weighted by atomic mass is 16.6. The molecule has 0 unspecified atom stereocenters. The number of esters is 1. The van der Waals surface area contributed by atoms with Crippen molar-refractivity contribution in [1.82, 2.24) is 4.90 Å². The summed E-state index contributed by atoms with van der Waals surface area (Å²) in [6, 6.07) is -0.932. The van der Waals surface area contributed by atoms with Gasteiger partial charge in [0.15, 0.2) is 0 Å². The lowest BCUT2D eigenvalue weighted by Crippen LogP contribution is -2.51. The minimum absolute atomic E-state index is 0.226. The maximum absolute atomic E-state index is 12.6. The van der Waals surface area contributed by atoms with Gasteiger partial charge in [-0.05, 0) is 33.6 Å². The number of hydrogen-bond acceptors (Lipinski definition) is 6. The van der Waals surface area contributed by atoms with E-state index in [0.29, 0.717) is 0 Å². The molecule has 0 N–H and O–H groups in total. The van der Waals surface area contributed by atoms with E-state index >= 15 is 0 Å². The van der Waals surface area contributed by atoms with E-state index in [9.17, 15) is 14.4 Å². The van der Waals surface area contributed by atoms with E-state index in [4.69, 9.17) is 14.2 Å². The molecule has 2 fully saturated rings. The van der Waals surface area contributed by atoms with E-state index in [2.05, 4.69) is 0 Å². The van der Waals surface area contributed by atoms with Crippen LogP contribution < -0.4 is 0 Å². The lowest BCUT2D eigenvalue weighted by atomic mass is 9.83. The second-order valence-corrected chi connectivity index (χ2v) is 7.17. The van der Waals surface area contributed by atoms with Crippen molar-refractivity contribution in [2.75, 3.05) is 19.8 Å². The number of carbonyl (C=O) groups is 3. The standard InChI is InChI=1S/C16H25NO6/c1-5-6-7-22-12(18)11-8-16(9-21-10-16)13(19)17(11)14(20)23-15(2,3)4/h11H,5-10H2,1-4H3/t11-/m0/s1. The Morgan fingerprint density at radius 3 is 2.48 bits per heavy atom. The summed E-state index contributed by atoms with van der Waals surface area (Å²) in [6.07, 6.45) is 1.07. The summed E-state index contributed by atoms with van der Waals surface area (Å²) in [7, 11) is 0. The van der Waals surface area contributed by atoms with Crippen molar-refractivity contribution >= 4 is 18.0 Å². The zero-order valence-corrected chi connectivity index (χ0v) is 14.2. The third-order valence-corrected chi connectivity index (χ3v) is 3.93. The van der Waals surface area contributed by atoms with Crippen LogP contribution in [0.3, 0.4) is 0 Å². The molecule has 2 amide bonds. The minimum Gasteiger partial charge on any atom is -0.464 e. The molecule has 2 rings (SSSR count). The molecule has 1 atom stereocenters. The molecular weight excluding hydrogens is 302 g/mol. The summed E-state index contributed by atoms with van der Waals surface area (Å²) in [6.45, 7) is 7.85. The van der Waals surface area contributed by atoms with Crippen LogP contribution in [-0.4, -0.2) is 54.3 Å². The Bertz CT molecular complexity index is 491. The van der Waals surface area contributed by atoms with E-state index in [-0.39, 0.29) is 26.2 Å². The van der Waals surface area contributed by atoms with Crippen molar-refractivity contribution in [2.45, 2.75) is 58.6 Å². The topological polar surface area (TPSA) is 82.1 Å². The predicted octanol–water partition coefficient (Wildman–Crippen LogP) is 1.88. The Kier molecular flexibility index (Phi) is 4.98. The zero-order chi connectivity index (χ0) is 17.3. The number of imide groups is 1. The van der Waals surface area contributed by atoms with E-state index in [1.807, 2.05) is 6.92 Å². The number of carbonyl (C=O) groups excluding carboxylic acids is 3. The fourth-order valence-electron chi connectivity index (χ4n) is 2.66. The Morgan fingerprint density at radius 2 is 2.00 bits per heavy atom. The first kappa shape index (κ1) is 17.7. The van der Waals surface area contributed by atoms with E-state index < -0.39 is 35.0 Å². The monoisotopic (exact) mass is 327 g/mol. The Balaban J connectivity index is 2.14. The fraction of sp³-hybridized carbons (Fsp3) is 0.812. The molecule has 7 nitrogen and oxygen atoms in total. The molecular formula is C16H25NO6. The van der Waals surface area contributed by atoms with Gasteiger partial charge >= 0.3 is 12.1 Å². The largest absolute Gasteiger partial charge is 0.464 e. The van der Waals surface area contributed by atoms with E-state index in [1.54, 1.807) is 20.8 Å². The van der Waals surface area contributed by atoms with Gasteiger partial charge in [-0.1, -0.05) is 13.3 Å². The number of ether oxygens (including phenoxy) is 3. The average Bonchev–Trinajstić information content (AvgIpc) is 2.70. The molecule has 0 aromatic rings. The number of amides is 2. The SMILES string of the molecule is CCCCOC(=O)[C@@H]1CC2(COC2)C(=O)N1C(=O)OC(C)(C)C. The number of rotatable bonds is 4. The molecule has 130 valence electrons. The number of hydrogen-bond donors (Lipinski definition) is 0. The van der Waals surface area contributed by atoms with Crippen LogP contribution in [0, 0.1) is 5.41 Å². The summed E-state index contributed by atoms with van der Waals surface area (Å²) >= 11 is 0. The average molecular weight is 327 g/mol. The molecule has 0 radical (unpaired) electrons. The van der Waals surface area contributed by atoms with Gasteiger partial charge in [-0.15, -0.1) is 0 Å². The van der Waals surface area contributed by atoms with Crippen molar-refractivity contribution in [3.63, 3.8) is 0 Å². The third kappa shape index (κ3) is 3.65. The molecule has 0 aliphatic carbocycles. The zero-order valence-electron chi connectivity index (χ0n) is 14.2. The molecule has 2 heterocycles. The molecule has 0 aromatic heterocycles. The summed E-state index contributed by atoms with van der Waals surface area (Å²) < 4.78 is 15.6. The molecule has 2 aliphatic heterocycles. The molecule has 2 aliphatic rings. The molecule has 0 bridgehead atoms. The van der Waals surface area contributed by atoms with Crippen LogP contribution in [0.2, 0.25) is 0 Å². The van der Waals surface area contributed by atoms with Crippen LogP contribution >= 0.6 is 0 Å².